The largest absolute Gasteiger partial charge is 0.496 e. The number of methoxy groups -OCH3 is 1. The van der Waals surface area contributed by atoms with Gasteiger partial charge in [-0.3, -0.25) is 4.79 Å². The first-order valence-electron chi connectivity index (χ1n) is 8.11. The van der Waals surface area contributed by atoms with Crippen molar-refractivity contribution in [2.45, 2.75) is 6.42 Å². The third-order valence-electron chi connectivity index (χ3n) is 3.73. The highest BCUT2D eigenvalue weighted by molar-refractivity contribution is 5.77. The Morgan fingerprint density at radius 1 is 1.15 bits per heavy atom. The number of hydrogen-bond donors (Lipinski definition) is 1. The lowest BCUT2D eigenvalue weighted by molar-refractivity contribution is -0.123. The average Bonchev–Trinajstić information content (AvgIpc) is 3.22. The van der Waals surface area contributed by atoms with E-state index in [0.717, 1.165) is 17.0 Å². The Morgan fingerprint density at radius 2 is 1.96 bits per heavy atom. The van der Waals surface area contributed by atoms with Crippen molar-refractivity contribution in [1.29, 1.82) is 0 Å². The van der Waals surface area contributed by atoms with E-state index >= 15 is 0 Å². The Balaban J connectivity index is 1.42. The first-order valence-corrected chi connectivity index (χ1v) is 8.11. The molecule has 0 bridgehead atoms. The van der Waals surface area contributed by atoms with E-state index in [9.17, 15) is 4.79 Å². The number of benzene rings is 2. The van der Waals surface area contributed by atoms with Crippen LogP contribution in [-0.4, -0.2) is 46.4 Å². The smallest absolute Gasteiger partial charge is 0.257 e. The molecule has 0 spiro atoms. The van der Waals surface area contributed by atoms with Gasteiger partial charge in [0.2, 0.25) is 0 Å². The van der Waals surface area contributed by atoms with Crippen LogP contribution in [0.3, 0.4) is 0 Å². The number of nitrogens with one attached hydrogen (secondary N) is 1. The molecule has 0 aliphatic rings. The van der Waals surface area contributed by atoms with Crippen LogP contribution in [-0.2, 0) is 11.2 Å². The molecule has 8 nitrogen and oxygen atoms in total. The molecule has 0 fully saturated rings. The molecule has 0 saturated heterocycles. The molecule has 1 heterocycles. The summed E-state index contributed by atoms with van der Waals surface area (Å²) in [6.07, 6.45) is 2.20. The maximum atomic E-state index is 11.9. The number of aromatic nitrogens is 4. The standard InChI is InChI=1S/C18H19N5O3/c1-25-17-5-3-2-4-14(17)10-11-19-18(24)12-26-16-8-6-15(7-9-16)23-13-20-21-22-23/h2-9,13H,10-12H2,1H3,(H,19,24). The molecule has 0 atom stereocenters. The van der Waals surface area contributed by atoms with Crippen LogP contribution in [0.1, 0.15) is 5.56 Å². The van der Waals surface area contributed by atoms with Crippen molar-refractivity contribution >= 4 is 5.91 Å². The molecule has 0 aliphatic carbocycles. The highest BCUT2D eigenvalue weighted by Gasteiger charge is 2.05. The van der Waals surface area contributed by atoms with E-state index in [1.54, 1.807) is 19.2 Å². The van der Waals surface area contributed by atoms with Crippen LogP contribution in [0.5, 0.6) is 11.5 Å². The third-order valence-corrected chi connectivity index (χ3v) is 3.73. The van der Waals surface area contributed by atoms with Gasteiger partial charge >= 0.3 is 0 Å². The summed E-state index contributed by atoms with van der Waals surface area (Å²) in [6.45, 7) is 0.469. The van der Waals surface area contributed by atoms with Gasteiger partial charge in [0.25, 0.3) is 5.91 Å². The topological polar surface area (TPSA) is 91.2 Å². The van der Waals surface area contributed by atoms with Crippen molar-refractivity contribution in [2.75, 3.05) is 20.3 Å². The van der Waals surface area contributed by atoms with Gasteiger partial charge in [0, 0.05) is 6.54 Å². The van der Waals surface area contributed by atoms with Crippen molar-refractivity contribution in [1.82, 2.24) is 25.5 Å². The maximum absolute atomic E-state index is 11.9. The number of nitrogens with zero attached hydrogens (tertiary/aromatic N) is 4. The summed E-state index contributed by atoms with van der Waals surface area (Å²) in [5.41, 5.74) is 1.86. The van der Waals surface area contributed by atoms with Crippen LogP contribution in [0.15, 0.2) is 54.9 Å². The molecular weight excluding hydrogens is 334 g/mol. The Hall–Kier alpha value is -3.42. The van der Waals surface area contributed by atoms with Gasteiger partial charge in [-0.15, -0.1) is 5.10 Å². The maximum Gasteiger partial charge on any atom is 0.257 e. The zero-order valence-corrected chi connectivity index (χ0v) is 14.3. The van der Waals surface area contributed by atoms with Crippen LogP contribution in [0.2, 0.25) is 0 Å². The van der Waals surface area contributed by atoms with E-state index in [0.29, 0.717) is 18.7 Å². The Morgan fingerprint density at radius 3 is 2.69 bits per heavy atom. The minimum Gasteiger partial charge on any atom is -0.496 e. The third kappa shape index (κ3) is 4.56. The Kier molecular flexibility index (Phi) is 5.76. The summed E-state index contributed by atoms with van der Waals surface area (Å²) in [4.78, 5) is 11.9. The molecule has 0 radical (unpaired) electrons. The number of tetrazole rings is 1. The number of amides is 1. The summed E-state index contributed by atoms with van der Waals surface area (Å²) in [7, 11) is 1.63. The zero-order valence-electron chi connectivity index (χ0n) is 14.3. The van der Waals surface area contributed by atoms with Crippen molar-refractivity contribution in [2.24, 2.45) is 0 Å². The van der Waals surface area contributed by atoms with Gasteiger partial charge in [0.05, 0.1) is 12.8 Å². The lowest BCUT2D eigenvalue weighted by Gasteiger charge is -2.10. The average molecular weight is 353 g/mol. The lowest BCUT2D eigenvalue weighted by Crippen LogP contribution is -2.30. The number of carbonyl (C=O) groups excluding carboxylic acids is 1. The molecule has 1 aromatic heterocycles. The molecule has 8 heteroatoms. The van der Waals surface area contributed by atoms with Crippen molar-refractivity contribution in [3.63, 3.8) is 0 Å². The molecule has 0 aliphatic heterocycles. The van der Waals surface area contributed by atoms with Crippen LogP contribution in [0.25, 0.3) is 5.69 Å². The molecule has 26 heavy (non-hydrogen) atoms. The number of para-hydroxylation sites is 1. The highest BCUT2D eigenvalue weighted by Crippen LogP contribution is 2.17. The van der Waals surface area contributed by atoms with Crippen LogP contribution in [0, 0.1) is 0 Å². The second kappa shape index (κ2) is 8.61. The van der Waals surface area contributed by atoms with Gasteiger partial charge in [0.15, 0.2) is 6.61 Å². The first-order chi connectivity index (χ1) is 12.8. The summed E-state index contributed by atoms with van der Waals surface area (Å²) < 4.78 is 12.3. The van der Waals surface area contributed by atoms with Crippen LogP contribution in [0.4, 0.5) is 0 Å². The highest BCUT2D eigenvalue weighted by atomic mass is 16.5. The minimum absolute atomic E-state index is 0.0455. The number of carbonyl (C=O) groups is 1. The second-order valence-electron chi connectivity index (χ2n) is 5.45. The minimum atomic E-state index is -0.176. The summed E-state index contributed by atoms with van der Waals surface area (Å²) in [5, 5.41) is 13.8. The van der Waals surface area contributed by atoms with Gasteiger partial charge in [-0.1, -0.05) is 18.2 Å². The quantitative estimate of drug-likeness (QED) is 0.658. The molecule has 3 rings (SSSR count). The number of rotatable bonds is 8. The second-order valence-corrected chi connectivity index (χ2v) is 5.45. The summed E-state index contributed by atoms with van der Waals surface area (Å²) >= 11 is 0. The molecule has 1 amide bonds. The molecule has 134 valence electrons. The van der Waals surface area contributed by atoms with E-state index in [-0.39, 0.29) is 12.5 Å². The van der Waals surface area contributed by atoms with Gasteiger partial charge in [0.1, 0.15) is 17.8 Å². The summed E-state index contributed by atoms with van der Waals surface area (Å²) in [6, 6.07) is 14.9. The van der Waals surface area contributed by atoms with Crippen molar-refractivity contribution in [3.8, 4) is 17.2 Å². The predicted octanol–water partition coefficient (Wildman–Crippen LogP) is 1.41. The Bertz CT molecular complexity index is 834. The number of hydrogen-bond acceptors (Lipinski definition) is 6. The lowest BCUT2D eigenvalue weighted by atomic mass is 10.1. The fourth-order valence-electron chi connectivity index (χ4n) is 2.42. The van der Waals surface area contributed by atoms with Gasteiger partial charge < -0.3 is 14.8 Å². The molecule has 0 unspecified atom stereocenters. The van der Waals surface area contributed by atoms with E-state index in [1.807, 2.05) is 36.4 Å². The molecule has 1 N–H and O–H groups in total. The molecular formula is C18H19N5O3. The first kappa shape index (κ1) is 17.4. The van der Waals surface area contributed by atoms with E-state index in [1.165, 1.54) is 11.0 Å². The van der Waals surface area contributed by atoms with Gasteiger partial charge in [-0.05, 0) is 52.7 Å². The molecule has 0 saturated carbocycles. The molecule has 2 aromatic carbocycles. The zero-order chi connectivity index (χ0) is 18.2. The van der Waals surface area contributed by atoms with Gasteiger partial charge in [-0.2, -0.15) is 0 Å². The SMILES string of the molecule is COc1ccccc1CCNC(=O)COc1ccc(-n2cnnn2)cc1. The van der Waals surface area contributed by atoms with Crippen molar-refractivity contribution < 1.29 is 14.3 Å². The fourth-order valence-corrected chi connectivity index (χ4v) is 2.42. The fraction of sp³-hybridized carbons (Fsp3) is 0.222. The monoisotopic (exact) mass is 353 g/mol. The molecule has 3 aromatic rings. The normalized spacial score (nSPS) is 10.3. The Labute approximate surface area is 150 Å². The van der Waals surface area contributed by atoms with E-state index in [2.05, 4.69) is 20.8 Å². The summed E-state index contributed by atoms with van der Waals surface area (Å²) in [5.74, 6) is 1.24. The van der Waals surface area contributed by atoms with Gasteiger partial charge in [-0.25, -0.2) is 4.68 Å². The van der Waals surface area contributed by atoms with Crippen LogP contribution < -0.4 is 14.8 Å². The predicted molar refractivity (Wildman–Crippen MR) is 94.4 cm³/mol. The van der Waals surface area contributed by atoms with Crippen molar-refractivity contribution in [3.05, 3.63) is 60.4 Å². The van der Waals surface area contributed by atoms with E-state index in [4.69, 9.17) is 9.47 Å². The number of ether oxygens (including phenoxy) is 2. The van der Waals surface area contributed by atoms with E-state index < -0.39 is 0 Å². The van der Waals surface area contributed by atoms with Crippen LogP contribution >= 0.6 is 0 Å².